The Kier molecular flexibility index (Phi) is 11.0. The van der Waals surface area contributed by atoms with Crippen LogP contribution in [0.3, 0.4) is 0 Å². The Hall–Kier alpha value is -0.970. The molecular weight excluding hydrogens is 371 g/mol. The van der Waals surface area contributed by atoms with E-state index < -0.39 is 0 Å². The first kappa shape index (κ1) is 23.1. The number of anilines is 1. The number of hydrogen-bond donors (Lipinski definition) is 0. The van der Waals surface area contributed by atoms with Crippen LogP contribution in [0.1, 0.15) is 52.1 Å². The highest BCUT2D eigenvalue weighted by molar-refractivity contribution is 6.18. The Labute approximate surface area is 168 Å². The Morgan fingerprint density at radius 1 is 1.12 bits per heavy atom. The van der Waals surface area contributed by atoms with Crippen molar-refractivity contribution in [2.24, 2.45) is 0 Å². The molecule has 4 nitrogen and oxygen atoms in total. The topological polar surface area (TPSA) is 32.8 Å². The summed E-state index contributed by atoms with van der Waals surface area (Å²) in [7, 11) is 0. The molecule has 0 saturated carbocycles. The maximum absolute atomic E-state index is 12.1. The number of alkyl halides is 2. The zero-order chi connectivity index (χ0) is 19.5. The molecule has 0 spiro atoms. The monoisotopic (exact) mass is 402 g/mol. The summed E-state index contributed by atoms with van der Waals surface area (Å²) in [6.07, 6.45) is 1.18. The molecule has 0 N–H and O–H groups in total. The molecule has 0 aromatic heterocycles. The average Bonchev–Trinajstić information content (AvgIpc) is 2.62. The van der Waals surface area contributed by atoms with Crippen molar-refractivity contribution in [3.63, 3.8) is 0 Å². The first-order chi connectivity index (χ1) is 12.5. The van der Waals surface area contributed by atoms with Gasteiger partial charge in [-0.3, -0.25) is 9.69 Å². The predicted octanol–water partition coefficient (Wildman–Crippen LogP) is 5.08. The van der Waals surface area contributed by atoms with Crippen molar-refractivity contribution in [3.8, 4) is 5.75 Å². The van der Waals surface area contributed by atoms with Crippen LogP contribution in [0.4, 0.5) is 5.69 Å². The number of ether oxygens (including phenoxy) is 1. The van der Waals surface area contributed by atoms with Crippen LogP contribution >= 0.6 is 23.2 Å². The molecule has 1 atom stereocenters. The molecule has 1 aromatic rings. The van der Waals surface area contributed by atoms with Gasteiger partial charge >= 0.3 is 5.97 Å². The van der Waals surface area contributed by atoms with E-state index in [2.05, 4.69) is 42.7 Å². The van der Waals surface area contributed by atoms with Gasteiger partial charge < -0.3 is 9.64 Å². The number of hydrogen-bond acceptors (Lipinski definition) is 4. The van der Waals surface area contributed by atoms with Crippen LogP contribution < -0.4 is 9.64 Å². The molecule has 0 aliphatic rings. The van der Waals surface area contributed by atoms with Crippen LogP contribution in [0.15, 0.2) is 18.2 Å². The van der Waals surface area contributed by atoms with Crippen molar-refractivity contribution < 1.29 is 9.53 Å². The van der Waals surface area contributed by atoms with E-state index in [9.17, 15) is 4.79 Å². The minimum absolute atomic E-state index is 0.165. The number of halogens is 2. The third-order valence-corrected chi connectivity index (χ3v) is 4.90. The summed E-state index contributed by atoms with van der Waals surface area (Å²) >= 11 is 11.9. The van der Waals surface area contributed by atoms with Crippen molar-refractivity contribution >= 4 is 34.9 Å². The van der Waals surface area contributed by atoms with Gasteiger partial charge in [-0.05, 0) is 32.5 Å². The van der Waals surface area contributed by atoms with Gasteiger partial charge in [0, 0.05) is 54.6 Å². The first-order valence-corrected chi connectivity index (χ1v) is 10.5. The molecule has 1 rings (SSSR count). The summed E-state index contributed by atoms with van der Waals surface area (Å²) in [5.74, 6) is 1.46. The third-order valence-electron chi connectivity index (χ3n) is 4.56. The molecule has 1 aromatic carbocycles. The van der Waals surface area contributed by atoms with E-state index >= 15 is 0 Å². The lowest BCUT2D eigenvalue weighted by molar-refractivity contribution is -0.134. The number of carbonyl (C=O) groups is 1. The second-order valence-corrected chi connectivity index (χ2v) is 6.96. The van der Waals surface area contributed by atoms with Gasteiger partial charge in [-0.25, -0.2) is 0 Å². The Morgan fingerprint density at radius 3 is 2.23 bits per heavy atom. The fourth-order valence-electron chi connectivity index (χ4n) is 3.07. The second kappa shape index (κ2) is 12.4. The van der Waals surface area contributed by atoms with Crippen molar-refractivity contribution in [2.75, 3.05) is 42.8 Å². The zero-order valence-electron chi connectivity index (χ0n) is 16.4. The smallest absolute Gasteiger partial charge is 0.311 e. The standard InChI is InChI=1S/C20H32Cl2N2O2/c1-5-8-20(25)26-19-15-17(24(13-11-21)14-12-22)9-10-18(19)16(4)23(6-2)7-3/h9-10,15-16H,5-8,11-14H2,1-4H3. The van der Waals surface area contributed by atoms with Crippen LogP contribution in [0.2, 0.25) is 0 Å². The number of nitrogens with zero attached hydrogens (tertiary/aromatic N) is 2. The summed E-state index contributed by atoms with van der Waals surface area (Å²) in [6, 6.07) is 6.23. The van der Waals surface area contributed by atoms with Gasteiger partial charge in [-0.2, -0.15) is 0 Å². The van der Waals surface area contributed by atoms with Crippen molar-refractivity contribution in [1.29, 1.82) is 0 Å². The van der Waals surface area contributed by atoms with E-state index in [0.29, 0.717) is 37.0 Å². The van der Waals surface area contributed by atoms with E-state index in [0.717, 1.165) is 30.8 Å². The van der Waals surface area contributed by atoms with E-state index in [1.807, 2.05) is 13.0 Å². The summed E-state index contributed by atoms with van der Waals surface area (Å²) in [6.45, 7) is 11.7. The van der Waals surface area contributed by atoms with Crippen molar-refractivity contribution in [2.45, 2.75) is 46.6 Å². The lowest BCUT2D eigenvalue weighted by Gasteiger charge is -2.29. The number of esters is 1. The highest BCUT2D eigenvalue weighted by Gasteiger charge is 2.20. The Bertz CT molecular complexity index is 545. The molecular formula is C20H32Cl2N2O2. The molecule has 1 unspecified atom stereocenters. The van der Waals surface area contributed by atoms with Crippen LogP contribution in [0.25, 0.3) is 0 Å². The molecule has 0 bridgehead atoms. The molecule has 0 amide bonds. The van der Waals surface area contributed by atoms with Gasteiger partial charge in [0.05, 0.1) is 0 Å². The first-order valence-electron chi connectivity index (χ1n) is 9.47. The van der Waals surface area contributed by atoms with E-state index in [-0.39, 0.29) is 12.0 Å². The molecule has 0 heterocycles. The molecule has 6 heteroatoms. The van der Waals surface area contributed by atoms with E-state index in [1.165, 1.54) is 0 Å². The average molecular weight is 403 g/mol. The van der Waals surface area contributed by atoms with Crippen LogP contribution in [0.5, 0.6) is 5.75 Å². The molecule has 148 valence electrons. The van der Waals surface area contributed by atoms with Gasteiger partial charge in [-0.15, -0.1) is 23.2 Å². The lowest BCUT2D eigenvalue weighted by atomic mass is 10.0. The lowest BCUT2D eigenvalue weighted by Crippen LogP contribution is -2.29. The highest BCUT2D eigenvalue weighted by Crippen LogP contribution is 2.33. The number of rotatable bonds is 12. The quantitative estimate of drug-likeness (QED) is 0.277. The van der Waals surface area contributed by atoms with Gasteiger partial charge in [0.15, 0.2) is 0 Å². The highest BCUT2D eigenvalue weighted by atomic mass is 35.5. The predicted molar refractivity (Wildman–Crippen MR) is 112 cm³/mol. The maximum atomic E-state index is 12.1. The summed E-state index contributed by atoms with van der Waals surface area (Å²) in [4.78, 5) is 16.6. The number of benzene rings is 1. The van der Waals surface area contributed by atoms with Gasteiger partial charge in [-0.1, -0.05) is 26.8 Å². The Morgan fingerprint density at radius 2 is 1.73 bits per heavy atom. The normalized spacial score (nSPS) is 12.3. The maximum Gasteiger partial charge on any atom is 0.311 e. The Balaban J connectivity index is 3.25. The van der Waals surface area contributed by atoms with Crippen molar-refractivity contribution in [3.05, 3.63) is 23.8 Å². The second-order valence-electron chi connectivity index (χ2n) is 6.21. The molecule has 0 radical (unpaired) electrons. The van der Waals surface area contributed by atoms with E-state index in [4.69, 9.17) is 27.9 Å². The summed E-state index contributed by atoms with van der Waals surface area (Å²) in [5.41, 5.74) is 2.00. The molecule has 26 heavy (non-hydrogen) atoms. The van der Waals surface area contributed by atoms with Crippen LogP contribution in [-0.2, 0) is 4.79 Å². The number of carbonyl (C=O) groups excluding carboxylic acids is 1. The third kappa shape index (κ3) is 6.64. The minimum atomic E-state index is -0.195. The van der Waals surface area contributed by atoms with Crippen molar-refractivity contribution in [1.82, 2.24) is 4.90 Å². The minimum Gasteiger partial charge on any atom is -0.426 e. The summed E-state index contributed by atoms with van der Waals surface area (Å²) in [5, 5.41) is 0. The molecule has 0 aliphatic heterocycles. The molecule has 0 saturated heterocycles. The fourth-order valence-corrected chi connectivity index (χ4v) is 3.48. The molecule has 0 aliphatic carbocycles. The van der Waals surface area contributed by atoms with Gasteiger partial charge in [0.1, 0.15) is 5.75 Å². The molecule has 0 fully saturated rings. The largest absolute Gasteiger partial charge is 0.426 e. The summed E-state index contributed by atoms with van der Waals surface area (Å²) < 4.78 is 5.74. The van der Waals surface area contributed by atoms with Crippen LogP contribution in [-0.4, -0.2) is 48.8 Å². The van der Waals surface area contributed by atoms with Gasteiger partial charge in [0.2, 0.25) is 0 Å². The fraction of sp³-hybridized carbons (Fsp3) is 0.650. The van der Waals surface area contributed by atoms with E-state index in [1.54, 1.807) is 0 Å². The van der Waals surface area contributed by atoms with Gasteiger partial charge in [0.25, 0.3) is 0 Å². The zero-order valence-corrected chi connectivity index (χ0v) is 17.9. The van der Waals surface area contributed by atoms with Crippen LogP contribution in [0, 0.1) is 0 Å². The SMILES string of the molecule is CCCC(=O)Oc1cc(N(CCCl)CCCl)ccc1C(C)N(CC)CC.